The van der Waals surface area contributed by atoms with Crippen molar-refractivity contribution >= 4 is 27.7 Å². The summed E-state index contributed by atoms with van der Waals surface area (Å²) in [6, 6.07) is 0. The molecule has 1 aliphatic rings. The van der Waals surface area contributed by atoms with Gasteiger partial charge in [-0.3, -0.25) is 0 Å². The first-order chi connectivity index (χ1) is 5.86. The van der Waals surface area contributed by atoms with Crippen molar-refractivity contribution in [3.8, 4) is 0 Å². The molecule has 0 N–H and O–H groups in total. The maximum Gasteiger partial charge on any atom is 0.264 e. The molecule has 0 amide bonds. The molecule has 0 aromatic carbocycles. The average Bonchev–Trinajstić information content (AvgIpc) is 2.54. The van der Waals surface area contributed by atoms with Crippen LogP contribution in [-0.4, -0.2) is 10.7 Å². The summed E-state index contributed by atoms with van der Waals surface area (Å²) in [6.45, 7) is 0. The fourth-order valence-electron chi connectivity index (χ4n) is 1.39. The number of thioether (sulfide) groups is 1. The van der Waals surface area contributed by atoms with Gasteiger partial charge in [0, 0.05) is 15.9 Å². The van der Waals surface area contributed by atoms with E-state index >= 15 is 0 Å². The predicted molar refractivity (Wildman–Crippen MR) is 53.3 cm³/mol. The number of rotatable bonds is 1. The maximum atomic E-state index is 5.11. The largest absolute Gasteiger partial charge is 0.439 e. The number of halogens is 1. The molecule has 0 spiro atoms. The molecule has 1 atom stereocenters. The molecule has 0 saturated carbocycles. The van der Waals surface area contributed by atoms with Crippen LogP contribution in [0.3, 0.4) is 0 Å². The molecule has 4 heteroatoms. The Bertz CT molecular complexity index is 257. The van der Waals surface area contributed by atoms with E-state index in [9.17, 15) is 0 Å². The average molecular weight is 248 g/mol. The van der Waals surface area contributed by atoms with Gasteiger partial charge >= 0.3 is 0 Å². The Kier molecular flexibility index (Phi) is 2.76. The lowest BCUT2D eigenvalue weighted by Gasteiger charge is -2.18. The van der Waals surface area contributed by atoms with Gasteiger partial charge in [0.15, 0.2) is 0 Å². The zero-order chi connectivity index (χ0) is 8.39. The Labute approximate surface area is 84.3 Å². The maximum absolute atomic E-state index is 5.11. The lowest BCUT2D eigenvalue weighted by atomic mass is 10.1. The zero-order valence-corrected chi connectivity index (χ0v) is 9.03. The van der Waals surface area contributed by atoms with E-state index in [1.54, 1.807) is 6.26 Å². The van der Waals surface area contributed by atoms with E-state index in [2.05, 4.69) is 20.9 Å². The molecule has 1 saturated heterocycles. The van der Waals surface area contributed by atoms with Gasteiger partial charge in [-0.05, 0) is 18.6 Å². The first-order valence-electron chi connectivity index (χ1n) is 4.09. The van der Waals surface area contributed by atoms with Crippen molar-refractivity contribution in [2.24, 2.45) is 0 Å². The summed E-state index contributed by atoms with van der Waals surface area (Å²) in [4.78, 5) is 4.86. The normalized spacial score (nSPS) is 24.2. The van der Waals surface area contributed by atoms with E-state index in [0.717, 1.165) is 5.69 Å². The molecule has 1 unspecified atom stereocenters. The van der Waals surface area contributed by atoms with Crippen molar-refractivity contribution in [2.45, 2.75) is 24.5 Å². The van der Waals surface area contributed by atoms with Gasteiger partial charge in [0.05, 0.1) is 10.9 Å². The smallest absolute Gasteiger partial charge is 0.264 e. The summed E-state index contributed by atoms with van der Waals surface area (Å²) in [5.41, 5.74) is 1.09. The van der Waals surface area contributed by atoms with Crippen molar-refractivity contribution < 1.29 is 4.42 Å². The first-order valence-corrected chi connectivity index (χ1v) is 5.93. The monoisotopic (exact) mass is 247 g/mol. The highest BCUT2D eigenvalue weighted by atomic mass is 79.9. The van der Waals surface area contributed by atoms with Gasteiger partial charge in [-0.25, -0.2) is 4.98 Å². The third-order valence-electron chi connectivity index (χ3n) is 2.00. The molecule has 2 heterocycles. The van der Waals surface area contributed by atoms with Gasteiger partial charge in [-0.2, -0.15) is 11.8 Å². The summed E-state index contributed by atoms with van der Waals surface area (Å²) in [5.74, 6) is 1.26. The molecule has 0 aliphatic carbocycles. The van der Waals surface area contributed by atoms with Crippen LogP contribution in [0.4, 0.5) is 0 Å². The van der Waals surface area contributed by atoms with Crippen LogP contribution in [0.25, 0.3) is 0 Å². The van der Waals surface area contributed by atoms with Crippen molar-refractivity contribution in [3.05, 3.63) is 16.8 Å². The Morgan fingerprint density at radius 3 is 3.08 bits per heavy atom. The molecule has 0 bridgehead atoms. The van der Waals surface area contributed by atoms with Gasteiger partial charge < -0.3 is 4.42 Å². The Morgan fingerprint density at radius 2 is 2.50 bits per heavy atom. The predicted octanol–water partition coefficient (Wildman–Crippen LogP) is 3.40. The van der Waals surface area contributed by atoms with Crippen LogP contribution >= 0.6 is 27.7 Å². The number of hydrogen-bond acceptors (Lipinski definition) is 3. The highest BCUT2D eigenvalue weighted by Gasteiger charge is 2.18. The van der Waals surface area contributed by atoms with Crippen molar-refractivity contribution in [3.63, 3.8) is 0 Å². The van der Waals surface area contributed by atoms with Crippen LogP contribution in [0.1, 0.15) is 30.2 Å². The Hall–Kier alpha value is 0.0400. The molecular weight excluding hydrogens is 238 g/mol. The Morgan fingerprint density at radius 1 is 1.58 bits per heavy atom. The van der Waals surface area contributed by atoms with Crippen LogP contribution in [-0.2, 0) is 0 Å². The lowest BCUT2D eigenvalue weighted by molar-refractivity contribution is 0.527. The number of nitrogens with zero attached hydrogens (tertiary/aromatic N) is 1. The third-order valence-corrected chi connectivity index (χ3v) is 3.77. The second kappa shape index (κ2) is 3.83. The highest BCUT2D eigenvalue weighted by Crippen LogP contribution is 2.37. The van der Waals surface area contributed by atoms with E-state index in [1.807, 2.05) is 11.8 Å². The van der Waals surface area contributed by atoms with Crippen LogP contribution in [0.2, 0.25) is 0 Å². The van der Waals surface area contributed by atoms with E-state index in [4.69, 9.17) is 4.42 Å². The summed E-state index contributed by atoms with van der Waals surface area (Å²) >= 11 is 5.20. The molecule has 2 rings (SSSR count). The minimum Gasteiger partial charge on any atom is -0.439 e. The summed E-state index contributed by atoms with van der Waals surface area (Å²) in [5, 5.41) is 0.564. The number of hydrogen-bond donors (Lipinski definition) is 0. The lowest BCUT2D eigenvalue weighted by Crippen LogP contribution is -2.01. The van der Waals surface area contributed by atoms with Gasteiger partial charge in [0.25, 0.3) is 4.80 Å². The first kappa shape index (κ1) is 8.63. The van der Waals surface area contributed by atoms with Gasteiger partial charge in [0.2, 0.25) is 0 Å². The topological polar surface area (TPSA) is 26.0 Å². The van der Waals surface area contributed by atoms with Gasteiger partial charge in [-0.15, -0.1) is 0 Å². The SMILES string of the molecule is Brc1nc(C2CCCCS2)co1. The Balaban J connectivity index is 2.08. The minimum atomic E-state index is 0.564. The minimum absolute atomic E-state index is 0.564. The van der Waals surface area contributed by atoms with Crippen LogP contribution < -0.4 is 0 Å². The second-order valence-electron chi connectivity index (χ2n) is 2.88. The molecule has 1 aromatic heterocycles. The molecule has 1 aliphatic heterocycles. The molecule has 66 valence electrons. The van der Waals surface area contributed by atoms with E-state index in [1.165, 1.54) is 25.0 Å². The van der Waals surface area contributed by atoms with Crippen LogP contribution in [0.15, 0.2) is 15.5 Å². The fourth-order valence-corrected chi connectivity index (χ4v) is 2.95. The second-order valence-corrected chi connectivity index (χ2v) is 4.87. The standard InChI is InChI=1S/C8H10BrNOS/c9-8-10-6(5-11-8)7-3-1-2-4-12-7/h5,7H,1-4H2. The summed E-state index contributed by atoms with van der Waals surface area (Å²) < 4.78 is 5.11. The molecule has 0 radical (unpaired) electrons. The zero-order valence-electron chi connectivity index (χ0n) is 6.62. The summed E-state index contributed by atoms with van der Waals surface area (Å²) in [7, 11) is 0. The number of aromatic nitrogens is 1. The van der Waals surface area contributed by atoms with Crippen LogP contribution in [0.5, 0.6) is 0 Å². The molecule has 12 heavy (non-hydrogen) atoms. The highest BCUT2D eigenvalue weighted by molar-refractivity contribution is 9.10. The van der Waals surface area contributed by atoms with Crippen LogP contribution in [0, 0.1) is 0 Å². The fraction of sp³-hybridized carbons (Fsp3) is 0.625. The molecular formula is C8H10BrNOS. The molecule has 1 fully saturated rings. The van der Waals surface area contributed by atoms with E-state index < -0.39 is 0 Å². The van der Waals surface area contributed by atoms with Gasteiger partial charge in [0.1, 0.15) is 6.26 Å². The van der Waals surface area contributed by atoms with E-state index in [-0.39, 0.29) is 0 Å². The van der Waals surface area contributed by atoms with Crippen molar-refractivity contribution in [1.82, 2.24) is 4.98 Å². The van der Waals surface area contributed by atoms with Gasteiger partial charge in [-0.1, -0.05) is 6.42 Å². The molecule has 2 nitrogen and oxygen atoms in total. The third kappa shape index (κ3) is 1.85. The van der Waals surface area contributed by atoms with E-state index in [0.29, 0.717) is 10.0 Å². The van der Waals surface area contributed by atoms with Crippen molar-refractivity contribution in [2.75, 3.05) is 5.75 Å². The quantitative estimate of drug-likeness (QED) is 0.761. The van der Waals surface area contributed by atoms with Crippen molar-refractivity contribution in [1.29, 1.82) is 0 Å². The number of oxazole rings is 1. The summed E-state index contributed by atoms with van der Waals surface area (Å²) in [6.07, 6.45) is 5.67. The molecule has 1 aromatic rings.